The summed E-state index contributed by atoms with van der Waals surface area (Å²) in [6.45, 7) is 0.250. The van der Waals surface area contributed by atoms with Gasteiger partial charge in [-0.2, -0.15) is 0 Å². The zero-order valence-corrected chi connectivity index (χ0v) is 7.79. The molecule has 0 spiro atoms. The number of fused-ring (bicyclic) bond motifs is 1. The van der Waals surface area contributed by atoms with Crippen molar-refractivity contribution in [1.29, 1.82) is 0 Å². The van der Waals surface area contributed by atoms with E-state index in [0.717, 1.165) is 18.6 Å². The van der Waals surface area contributed by atoms with Crippen LogP contribution < -0.4 is 4.74 Å². The number of hydrogen-bond acceptors (Lipinski definition) is 2. The second kappa shape index (κ2) is 3.38. The topological polar surface area (TPSA) is 29.5 Å². The van der Waals surface area contributed by atoms with Crippen LogP contribution in [0.5, 0.6) is 5.75 Å². The minimum absolute atomic E-state index is 0.250. The highest BCUT2D eigenvalue weighted by Crippen LogP contribution is 2.34. The van der Waals surface area contributed by atoms with Crippen LogP contribution >= 0.6 is 0 Å². The van der Waals surface area contributed by atoms with Crippen LogP contribution in [-0.2, 0) is 6.42 Å². The Kier molecular flexibility index (Phi) is 2.23. The lowest BCUT2D eigenvalue weighted by molar-refractivity contribution is 0.265. The predicted molar refractivity (Wildman–Crippen MR) is 51.1 cm³/mol. The molecule has 0 amide bonds. The van der Waals surface area contributed by atoms with Crippen molar-refractivity contribution in [3.8, 4) is 5.75 Å². The lowest BCUT2D eigenvalue weighted by Crippen LogP contribution is -1.98. The Morgan fingerprint density at radius 2 is 2.38 bits per heavy atom. The first-order chi connectivity index (χ1) is 6.35. The van der Waals surface area contributed by atoms with Gasteiger partial charge in [0.15, 0.2) is 0 Å². The molecule has 0 saturated carbocycles. The first-order valence-corrected chi connectivity index (χ1v) is 4.63. The van der Waals surface area contributed by atoms with Crippen LogP contribution in [0.3, 0.4) is 0 Å². The summed E-state index contributed by atoms with van der Waals surface area (Å²) in [5.41, 5.74) is 2.63. The van der Waals surface area contributed by atoms with Gasteiger partial charge in [-0.05, 0) is 36.1 Å². The Hall–Kier alpha value is -1.02. The Balaban J connectivity index is 2.37. The molecule has 0 saturated heterocycles. The monoisotopic (exact) mass is 178 g/mol. The fraction of sp³-hybridized carbons (Fsp3) is 0.455. The van der Waals surface area contributed by atoms with Crippen molar-refractivity contribution < 1.29 is 9.84 Å². The second-order valence-corrected chi connectivity index (χ2v) is 3.48. The van der Waals surface area contributed by atoms with Crippen LogP contribution in [0.15, 0.2) is 18.2 Å². The Labute approximate surface area is 78.2 Å². The van der Waals surface area contributed by atoms with Gasteiger partial charge in [-0.25, -0.2) is 0 Å². The van der Waals surface area contributed by atoms with Crippen LogP contribution in [0.2, 0.25) is 0 Å². The van der Waals surface area contributed by atoms with Crippen LogP contribution in [0, 0.1) is 0 Å². The number of aliphatic hydroxyl groups is 1. The third-order valence-electron chi connectivity index (χ3n) is 2.78. The third kappa shape index (κ3) is 1.42. The van der Waals surface area contributed by atoms with Crippen LogP contribution in [0.1, 0.15) is 23.5 Å². The molecule has 1 aromatic rings. The van der Waals surface area contributed by atoms with Crippen molar-refractivity contribution in [3.05, 3.63) is 29.3 Å². The van der Waals surface area contributed by atoms with Crippen molar-refractivity contribution in [2.45, 2.75) is 18.8 Å². The number of aliphatic hydroxyl groups excluding tert-OH is 1. The summed E-state index contributed by atoms with van der Waals surface area (Å²) in [4.78, 5) is 0. The van der Waals surface area contributed by atoms with Crippen molar-refractivity contribution in [1.82, 2.24) is 0 Å². The molecule has 1 aliphatic carbocycles. The van der Waals surface area contributed by atoms with Gasteiger partial charge in [-0.3, -0.25) is 0 Å². The number of benzene rings is 1. The molecule has 1 atom stereocenters. The van der Waals surface area contributed by atoms with Crippen molar-refractivity contribution in [2.24, 2.45) is 0 Å². The highest BCUT2D eigenvalue weighted by atomic mass is 16.5. The van der Waals surface area contributed by atoms with Gasteiger partial charge in [-0.1, -0.05) is 6.07 Å². The molecule has 0 aromatic heterocycles. The molecule has 1 unspecified atom stereocenters. The molecule has 2 heteroatoms. The molecular formula is C11H14O2. The van der Waals surface area contributed by atoms with E-state index in [4.69, 9.17) is 9.84 Å². The minimum atomic E-state index is 0.250. The maximum absolute atomic E-state index is 9.14. The first-order valence-electron chi connectivity index (χ1n) is 4.63. The molecular weight excluding hydrogens is 164 g/mol. The van der Waals surface area contributed by atoms with Gasteiger partial charge in [0, 0.05) is 12.5 Å². The van der Waals surface area contributed by atoms with E-state index in [2.05, 4.69) is 6.07 Å². The third-order valence-corrected chi connectivity index (χ3v) is 2.78. The standard InChI is InChI=1S/C11H14O2/c1-13-10-5-4-8-2-3-9(7-12)11(8)6-10/h4-6,9,12H,2-3,7H2,1H3. The molecule has 0 heterocycles. The summed E-state index contributed by atoms with van der Waals surface area (Å²) in [5, 5.41) is 9.14. The van der Waals surface area contributed by atoms with Gasteiger partial charge in [0.25, 0.3) is 0 Å². The molecule has 1 N–H and O–H groups in total. The van der Waals surface area contributed by atoms with E-state index < -0.39 is 0 Å². The van der Waals surface area contributed by atoms with Crippen molar-refractivity contribution >= 4 is 0 Å². The Morgan fingerprint density at radius 1 is 1.54 bits per heavy atom. The highest BCUT2D eigenvalue weighted by Gasteiger charge is 2.21. The number of hydrogen-bond donors (Lipinski definition) is 1. The quantitative estimate of drug-likeness (QED) is 0.747. The van der Waals surface area contributed by atoms with E-state index in [0.29, 0.717) is 5.92 Å². The number of aryl methyl sites for hydroxylation is 1. The average Bonchev–Trinajstić information content (AvgIpc) is 2.59. The smallest absolute Gasteiger partial charge is 0.119 e. The van der Waals surface area contributed by atoms with Crippen molar-refractivity contribution in [3.63, 3.8) is 0 Å². The van der Waals surface area contributed by atoms with Gasteiger partial charge < -0.3 is 9.84 Å². The second-order valence-electron chi connectivity index (χ2n) is 3.48. The van der Waals surface area contributed by atoms with Gasteiger partial charge >= 0.3 is 0 Å². The van der Waals surface area contributed by atoms with Gasteiger partial charge in [0.1, 0.15) is 5.75 Å². The van der Waals surface area contributed by atoms with Gasteiger partial charge in [-0.15, -0.1) is 0 Å². The minimum Gasteiger partial charge on any atom is -0.497 e. The number of ether oxygens (including phenoxy) is 1. The highest BCUT2D eigenvalue weighted by molar-refractivity contribution is 5.41. The fourth-order valence-corrected chi connectivity index (χ4v) is 1.98. The largest absolute Gasteiger partial charge is 0.497 e. The van der Waals surface area contributed by atoms with Crippen LogP contribution in [-0.4, -0.2) is 18.8 Å². The zero-order valence-electron chi connectivity index (χ0n) is 7.79. The molecule has 2 nitrogen and oxygen atoms in total. The molecule has 13 heavy (non-hydrogen) atoms. The summed E-state index contributed by atoms with van der Waals surface area (Å²) in [7, 11) is 1.67. The van der Waals surface area contributed by atoms with E-state index in [9.17, 15) is 0 Å². The summed E-state index contributed by atoms with van der Waals surface area (Å²) >= 11 is 0. The van der Waals surface area contributed by atoms with E-state index in [-0.39, 0.29) is 6.61 Å². The average molecular weight is 178 g/mol. The summed E-state index contributed by atoms with van der Waals surface area (Å²) in [6, 6.07) is 6.13. The first kappa shape index (κ1) is 8.57. The fourth-order valence-electron chi connectivity index (χ4n) is 1.98. The van der Waals surface area contributed by atoms with Gasteiger partial charge in [0.05, 0.1) is 7.11 Å². The molecule has 1 aromatic carbocycles. The Bertz CT molecular complexity index is 307. The summed E-state index contributed by atoms with van der Waals surface area (Å²) in [6.07, 6.45) is 2.16. The summed E-state index contributed by atoms with van der Waals surface area (Å²) < 4.78 is 5.15. The number of rotatable bonds is 2. The molecule has 0 aliphatic heterocycles. The molecule has 2 rings (SSSR count). The molecule has 0 fully saturated rings. The van der Waals surface area contributed by atoms with Crippen molar-refractivity contribution in [2.75, 3.05) is 13.7 Å². The van der Waals surface area contributed by atoms with Crippen LogP contribution in [0.25, 0.3) is 0 Å². The molecule has 70 valence electrons. The maximum atomic E-state index is 9.14. The lowest BCUT2D eigenvalue weighted by atomic mass is 10.0. The lowest BCUT2D eigenvalue weighted by Gasteiger charge is -2.08. The molecule has 0 radical (unpaired) electrons. The normalized spacial score (nSPS) is 20.0. The van der Waals surface area contributed by atoms with E-state index in [1.165, 1.54) is 11.1 Å². The van der Waals surface area contributed by atoms with Crippen LogP contribution in [0.4, 0.5) is 0 Å². The SMILES string of the molecule is COc1ccc2c(c1)C(CO)CC2. The van der Waals surface area contributed by atoms with Gasteiger partial charge in [0.2, 0.25) is 0 Å². The Morgan fingerprint density at radius 3 is 3.08 bits per heavy atom. The van der Waals surface area contributed by atoms with E-state index >= 15 is 0 Å². The summed E-state index contributed by atoms with van der Waals surface area (Å²) in [5.74, 6) is 1.21. The number of methoxy groups -OCH3 is 1. The maximum Gasteiger partial charge on any atom is 0.119 e. The zero-order chi connectivity index (χ0) is 9.26. The molecule has 0 bridgehead atoms. The van der Waals surface area contributed by atoms with E-state index in [1.807, 2.05) is 12.1 Å². The predicted octanol–water partition coefficient (Wildman–Crippen LogP) is 1.72. The molecule has 1 aliphatic rings. The van der Waals surface area contributed by atoms with E-state index in [1.54, 1.807) is 7.11 Å².